The molecule has 4 aliphatic carbocycles. The van der Waals surface area contributed by atoms with Gasteiger partial charge in [-0.25, -0.2) is 0 Å². The molecule has 0 spiro atoms. The van der Waals surface area contributed by atoms with Crippen molar-refractivity contribution in [2.75, 3.05) is 0 Å². The van der Waals surface area contributed by atoms with Gasteiger partial charge >= 0.3 is 0 Å². The minimum atomic E-state index is -0.0847. The Balaban J connectivity index is 1.51. The Morgan fingerprint density at radius 2 is 1.86 bits per heavy atom. The molecule has 1 aliphatic heterocycles. The van der Waals surface area contributed by atoms with Crippen molar-refractivity contribution in [1.29, 1.82) is 0 Å². The van der Waals surface area contributed by atoms with Crippen molar-refractivity contribution in [3.05, 3.63) is 0 Å². The maximum atomic E-state index is 12.4. The van der Waals surface area contributed by atoms with E-state index in [0.717, 1.165) is 38.5 Å². The van der Waals surface area contributed by atoms with E-state index in [1.165, 1.54) is 6.42 Å². The standard InChI is InChI=1S/C19H26O3/c1-18-8-7-13-11(12(18)5-6-15(18)21)4-3-10-9-14(20)16-17(22-16)19(10,13)2/h10-13,16-17H,3-9H2,1-2H3/t10-,11+,12+,13+,16-,17-,18-,19-/m0/s1. The maximum absolute atomic E-state index is 12.4. The molecule has 5 rings (SSSR count). The molecule has 4 saturated carbocycles. The molecule has 0 aromatic rings. The van der Waals surface area contributed by atoms with Gasteiger partial charge in [0.25, 0.3) is 0 Å². The van der Waals surface area contributed by atoms with E-state index in [9.17, 15) is 9.59 Å². The Morgan fingerprint density at radius 1 is 1.05 bits per heavy atom. The van der Waals surface area contributed by atoms with E-state index in [-0.39, 0.29) is 23.0 Å². The van der Waals surface area contributed by atoms with Crippen LogP contribution in [-0.2, 0) is 14.3 Å². The van der Waals surface area contributed by atoms with Crippen molar-refractivity contribution in [2.24, 2.45) is 34.5 Å². The van der Waals surface area contributed by atoms with Crippen LogP contribution >= 0.6 is 0 Å². The first-order chi connectivity index (χ1) is 10.5. The summed E-state index contributed by atoms with van der Waals surface area (Å²) in [6, 6.07) is 0. The second-order valence-electron chi connectivity index (χ2n) is 9.08. The summed E-state index contributed by atoms with van der Waals surface area (Å²) in [5.41, 5.74) is 0.146. The van der Waals surface area contributed by atoms with E-state index in [0.29, 0.717) is 35.2 Å². The Morgan fingerprint density at radius 3 is 2.68 bits per heavy atom. The van der Waals surface area contributed by atoms with Gasteiger partial charge in [0.2, 0.25) is 0 Å². The molecule has 0 N–H and O–H groups in total. The van der Waals surface area contributed by atoms with E-state index in [2.05, 4.69) is 13.8 Å². The first-order valence-corrected chi connectivity index (χ1v) is 9.17. The summed E-state index contributed by atoms with van der Waals surface area (Å²) in [6.07, 6.45) is 7.35. The van der Waals surface area contributed by atoms with E-state index < -0.39 is 0 Å². The number of Topliss-reactive ketones (excluding diaryl/α,β-unsaturated/α-hetero) is 2. The molecule has 120 valence electrons. The number of fused-ring (bicyclic) bond motifs is 7. The molecule has 22 heavy (non-hydrogen) atoms. The van der Waals surface area contributed by atoms with Crippen LogP contribution < -0.4 is 0 Å². The normalized spacial score (nSPS) is 59.4. The molecule has 5 fully saturated rings. The maximum Gasteiger partial charge on any atom is 0.164 e. The Kier molecular flexibility index (Phi) is 2.51. The predicted octanol–water partition coefficient (Wildman–Crippen LogP) is 3.15. The number of ether oxygens (including phenoxy) is 1. The van der Waals surface area contributed by atoms with Gasteiger partial charge < -0.3 is 4.74 Å². The van der Waals surface area contributed by atoms with E-state index in [1.807, 2.05) is 0 Å². The summed E-state index contributed by atoms with van der Waals surface area (Å²) in [4.78, 5) is 24.5. The predicted molar refractivity (Wildman–Crippen MR) is 81.2 cm³/mol. The topological polar surface area (TPSA) is 46.7 Å². The van der Waals surface area contributed by atoms with Crippen LogP contribution in [0.4, 0.5) is 0 Å². The monoisotopic (exact) mass is 302 g/mol. The number of ketones is 2. The average Bonchev–Trinajstić information content (AvgIpc) is 3.24. The zero-order valence-corrected chi connectivity index (χ0v) is 13.6. The van der Waals surface area contributed by atoms with Gasteiger partial charge in [0.1, 0.15) is 11.9 Å². The molecule has 1 saturated heterocycles. The van der Waals surface area contributed by atoms with Crippen LogP contribution in [0.25, 0.3) is 0 Å². The van der Waals surface area contributed by atoms with Crippen molar-refractivity contribution in [3.63, 3.8) is 0 Å². The summed E-state index contributed by atoms with van der Waals surface area (Å²) < 4.78 is 5.85. The molecular formula is C19H26O3. The summed E-state index contributed by atoms with van der Waals surface area (Å²) in [5.74, 6) is 3.32. The number of hydrogen-bond acceptors (Lipinski definition) is 3. The lowest BCUT2D eigenvalue weighted by atomic mass is 9.45. The van der Waals surface area contributed by atoms with Crippen LogP contribution in [-0.4, -0.2) is 23.8 Å². The molecule has 3 nitrogen and oxygen atoms in total. The summed E-state index contributed by atoms with van der Waals surface area (Å²) in [6.45, 7) is 4.64. The SMILES string of the molecule is C[C@]12[C@@H](CC[C@H]3[C@H]1CC[C@]1(C)C(=O)CC[C@H]31)CC(=O)[C@@H]1O[C@@H]12. The summed E-state index contributed by atoms with van der Waals surface area (Å²) >= 11 is 0. The Labute approximate surface area is 132 Å². The van der Waals surface area contributed by atoms with Crippen LogP contribution in [0.2, 0.25) is 0 Å². The van der Waals surface area contributed by atoms with E-state index in [1.54, 1.807) is 0 Å². The molecule has 0 aromatic heterocycles. The van der Waals surface area contributed by atoms with Crippen molar-refractivity contribution < 1.29 is 14.3 Å². The lowest BCUT2D eigenvalue weighted by Crippen LogP contribution is -2.56. The van der Waals surface area contributed by atoms with Gasteiger partial charge in [-0.2, -0.15) is 0 Å². The van der Waals surface area contributed by atoms with Crippen LogP contribution in [0.15, 0.2) is 0 Å². The van der Waals surface area contributed by atoms with Crippen LogP contribution in [0, 0.1) is 34.5 Å². The largest absolute Gasteiger partial charge is 0.361 e. The van der Waals surface area contributed by atoms with Gasteiger partial charge in [0.05, 0.1) is 6.10 Å². The van der Waals surface area contributed by atoms with Gasteiger partial charge in [-0.1, -0.05) is 13.8 Å². The molecule has 5 aliphatic rings. The molecule has 0 radical (unpaired) electrons. The highest BCUT2D eigenvalue weighted by Gasteiger charge is 2.69. The highest BCUT2D eigenvalue weighted by atomic mass is 16.6. The van der Waals surface area contributed by atoms with Gasteiger partial charge in [-0.3, -0.25) is 9.59 Å². The molecule has 0 amide bonds. The third-order valence-electron chi connectivity index (χ3n) is 8.54. The summed E-state index contributed by atoms with van der Waals surface area (Å²) in [7, 11) is 0. The van der Waals surface area contributed by atoms with E-state index in [4.69, 9.17) is 4.74 Å². The zero-order chi connectivity index (χ0) is 15.3. The third-order valence-corrected chi connectivity index (χ3v) is 8.54. The Hall–Kier alpha value is -0.700. The lowest BCUT2D eigenvalue weighted by molar-refractivity contribution is -0.141. The second-order valence-corrected chi connectivity index (χ2v) is 9.08. The number of hydrogen-bond donors (Lipinski definition) is 0. The third kappa shape index (κ3) is 1.43. The van der Waals surface area contributed by atoms with Crippen LogP contribution in [0.1, 0.15) is 58.8 Å². The van der Waals surface area contributed by atoms with Gasteiger partial charge in [0.15, 0.2) is 5.78 Å². The van der Waals surface area contributed by atoms with Crippen molar-refractivity contribution in [3.8, 4) is 0 Å². The highest BCUT2D eigenvalue weighted by molar-refractivity contribution is 5.88. The van der Waals surface area contributed by atoms with E-state index >= 15 is 0 Å². The number of carbonyl (C=O) groups excluding carboxylic acids is 2. The molecule has 8 atom stereocenters. The van der Waals surface area contributed by atoms with Gasteiger partial charge in [-0.05, 0) is 55.8 Å². The minimum Gasteiger partial charge on any atom is -0.361 e. The number of rotatable bonds is 0. The quantitative estimate of drug-likeness (QED) is 0.646. The first-order valence-electron chi connectivity index (χ1n) is 9.17. The van der Waals surface area contributed by atoms with Gasteiger partial charge in [0, 0.05) is 23.7 Å². The highest BCUT2D eigenvalue weighted by Crippen LogP contribution is 2.67. The Bertz CT molecular complexity index is 569. The molecule has 1 heterocycles. The van der Waals surface area contributed by atoms with Gasteiger partial charge in [-0.15, -0.1) is 0 Å². The number of epoxide rings is 1. The van der Waals surface area contributed by atoms with Crippen LogP contribution in [0.5, 0.6) is 0 Å². The van der Waals surface area contributed by atoms with Crippen LogP contribution in [0.3, 0.4) is 0 Å². The fourth-order valence-corrected chi connectivity index (χ4v) is 7.20. The minimum absolute atomic E-state index is 0.0430. The lowest BCUT2D eigenvalue weighted by Gasteiger charge is -2.58. The molecular weight excluding hydrogens is 276 g/mol. The first kappa shape index (κ1) is 13.7. The van der Waals surface area contributed by atoms with Crippen molar-refractivity contribution in [2.45, 2.75) is 71.0 Å². The fraction of sp³-hybridized carbons (Fsp3) is 0.895. The van der Waals surface area contributed by atoms with Crippen molar-refractivity contribution >= 4 is 11.6 Å². The fourth-order valence-electron chi connectivity index (χ4n) is 7.20. The number of carbonyl (C=O) groups is 2. The smallest absolute Gasteiger partial charge is 0.164 e. The molecule has 0 unspecified atom stereocenters. The summed E-state index contributed by atoms with van der Waals surface area (Å²) in [5, 5.41) is 0. The zero-order valence-electron chi connectivity index (χ0n) is 13.6. The van der Waals surface area contributed by atoms with Crippen molar-refractivity contribution in [1.82, 2.24) is 0 Å². The average molecular weight is 302 g/mol. The molecule has 0 bridgehead atoms. The molecule has 0 aromatic carbocycles. The second kappa shape index (κ2) is 4.03. The molecule has 3 heteroatoms.